The average Bonchev–Trinajstić information content (AvgIpc) is 3.19. The summed E-state index contributed by atoms with van der Waals surface area (Å²) < 4.78 is 19.7. The number of fused-ring (bicyclic) bond motifs is 1. The Hall–Kier alpha value is -2.91. The first kappa shape index (κ1) is 23.3. The van der Waals surface area contributed by atoms with E-state index in [0.29, 0.717) is 21.8 Å². The van der Waals surface area contributed by atoms with Crippen LogP contribution in [0, 0.1) is 5.82 Å². The van der Waals surface area contributed by atoms with Gasteiger partial charge in [0.2, 0.25) is 11.0 Å². The first-order valence-electron chi connectivity index (χ1n) is 10.6. The smallest absolute Gasteiger partial charge is 0.238 e. The van der Waals surface area contributed by atoms with Crippen molar-refractivity contribution < 1.29 is 13.9 Å². The third kappa shape index (κ3) is 5.20. The summed E-state index contributed by atoms with van der Waals surface area (Å²) in [6.45, 7) is 8.66. The summed E-state index contributed by atoms with van der Waals surface area (Å²) >= 11 is 2.66. The maximum Gasteiger partial charge on any atom is 0.238 e. The molecular formula is C24H25FN4O2S2. The second-order valence-electron chi connectivity index (χ2n) is 8.12. The van der Waals surface area contributed by atoms with Crippen molar-refractivity contribution in [3.8, 4) is 5.75 Å². The second-order valence-corrected chi connectivity index (χ2v) is 10.3. The number of benzene rings is 2. The van der Waals surface area contributed by atoms with Crippen LogP contribution in [0.3, 0.4) is 0 Å². The van der Waals surface area contributed by atoms with Gasteiger partial charge in [-0.1, -0.05) is 35.2 Å². The van der Waals surface area contributed by atoms with Gasteiger partial charge in [-0.05, 0) is 69.7 Å². The molecule has 0 saturated heterocycles. The molecule has 4 rings (SSSR count). The number of nitrogens with one attached hydrogen (secondary N) is 1. The van der Waals surface area contributed by atoms with Gasteiger partial charge in [-0.3, -0.25) is 4.79 Å². The molecule has 1 aliphatic rings. The van der Waals surface area contributed by atoms with Gasteiger partial charge in [0, 0.05) is 11.3 Å². The van der Waals surface area contributed by atoms with Crippen molar-refractivity contribution >= 4 is 51.1 Å². The molecule has 2 heterocycles. The Morgan fingerprint density at radius 2 is 2.06 bits per heavy atom. The first-order valence-corrected chi connectivity index (χ1v) is 12.4. The molecule has 0 unspecified atom stereocenters. The minimum atomic E-state index is -0.465. The average molecular weight is 485 g/mol. The van der Waals surface area contributed by atoms with Gasteiger partial charge in [0.05, 0.1) is 23.6 Å². The van der Waals surface area contributed by atoms with Crippen LogP contribution in [0.1, 0.15) is 33.3 Å². The molecule has 0 saturated carbocycles. The van der Waals surface area contributed by atoms with Crippen molar-refractivity contribution in [3.63, 3.8) is 0 Å². The van der Waals surface area contributed by atoms with E-state index in [4.69, 9.17) is 4.74 Å². The van der Waals surface area contributed by atoms with Crippen LogP contribution in [-0.4, -0.2) is 34.0 Å². The highest BCUT2D eigenvalue weighted by atomic mass is 32.2. The van der Waals surface area contributed by atoms with Crippen LogP contribution < -0.4 is 15.0 Å². The molecule has 0 aliphatic carbocycles. The van der Waals surface area contributed by atoms with Crippen LogP contribution in [-0.2, 0) is 4.79 Å². The monoisotopic (exact) mass is 484 g/mol. The lowest BCUT2D eigenvalue weighted by atomic mass is 9.88. The molecule has 6 nitrogen and oxygen atoms in total. The Kier molecular flexibility index (Phi) is 6.71. The molecule has 0 spiro atoms. The number of aromatic nitrogens is 2. The van der Waals surface area contributed by atoms with Gasteiger partial charge >= 0.3 is 0 Å². The number of anilines is 3. The number of hydrogen-bond donors (Lipinski definition) is 1. The Balaban J connectivity index is 1.48. The number of ether oxygens (including phenoxy) is 1. The molecular weight excluding hydrogens is 459 g/mol. The molecule has 1 aliphatic heterocycles. The summed E-state index contributed by atoms with van der Waals surface area (Å²) in [6, 6.07) is 12.0. The maximum absolute atomic E-state index is 13.4. The Morgan fingerprint density at radius 3 is 2.82 bits per heavy atom. The van der Waals surface area contributed by atoms with Crippen molar-refractivity contribution in [2.45, 2.75) is 37.6 Å². The van der Waals surface area contributed by atoms with E-state index in [9.17, 15) is 9.18 Å². The van der Waals surface area contributed by atoms with Crippen molar-refractivity contribution in [1.82, 2.24) is 10.2 Å². The first-order chi connectivity index (χ1) is 15.8. The predicted molar refractivity (Wildman–Crippen MR) is 133 cm³/mol. The van der Waals surface area contributed by atoms with Gasteiger partial charge in [0.25, 0.3) is 0 Å². The molecule has 9 heteroatoms. The highest BCUT2D eigenvalue weighted by molar-refractivity contribution is 8.01. The standard InChI is InChI=1S/C24H25FN4O2S2/c1-5-31-18-9-10-20-19(12-18)15(2)13-24(3,4)29(20)21(30)14-32-23-28-27-22(33-23)26-17-8-6-7-16(25)11-17/h6-13H,5,14H2,1-4H3,(H,26,27). The fourth-order valence-corrected chi connectivity index (χ4v) is 5.54. The molecule has 0 fully saturated rings. The number of amides is 1. The lowest BCUT2D eigenvalue weighted by molar-refractivity contribution is -0.116. The summed E-state index contributed by atoms with van der Waals surface area (Å²) in [7, 11) is 0. The van der Waals surface area contributed by atoms with Crippen LogP contribution in [0.25, 0.3) is 5.57 Å². The zero-order valence-corrected chi connectivity index (χ0v) is 20.5. The van der Waals surface area contributed by atoms with E-state index in [1.807, 2.05) is 43.9 Å². The minimum Gasteiger partial charge on any atom is -0.494 e. The largest absolute Gasteiger partial charge is 0.494 e. The van der Waals surface area contributed by atoms with Gasteiger partial charge < -0.3 is 15.0 Å². The van der Waals surface area contributed by atoms with Gasteiger partial charge in [-0.15, -0.1) is 10.2 Å². The van der Waals surface area contributed by atoms with Crippen LogP contribution in [0.15, 0.2) is 52.9 Å². The lowest BCUT2D eigenvalue weighted by Crippen LogP contribution is -2.49. The number of carbonyl (C=O) groups excluding carboxylic acids is 1. The molecule has 172 valence electrons. The Labute approximate surface area is 200 Å². The number of allylic oxidation sites excluding steroid dienone is 1. The lowest BCUT2D eigenvalue weighted by Gasteiger charge is -2.41. The van der Waals surface area contributed by atoms with E-state index >= 15 is 0 Å². The summed E-state index contributed by atoms with van der Waals surface area (Å²) in [5.41, 5.74) is 3.12. The van der Waals surface area contributed by atoms with Gasteiger partial charge in [0.1, 0.15) is 11.6 Å². The van der Waals surface area contributed by atoms with Crippen LogP contribution in [0.2, 0.25) is 0 Å². The van der Waals surface area contributed by atoms with E-state index in [0.717, 1.165) is 22.6 Å². The molecule has 3 aromatic rings. The SMILES string of the molecule is CCOc1ccc2c(c1)C(C)=CC(C)(C)N2C(=O)CSc1nnc(Nc2cccc(F)c2)s1. The van der Waals surface area contributed by atoms with E-state index in [1.165, 1.54) is 35.2 Å². The molecule has 1 amide bonds. The predicted octanol–water partition coefficient (Wildman–Crippen LogP) is 6.14. The molecule has 0 bridgehead atoms. The minimum absolute atomic E-state index is 0.0194. The highest BCUT2D eigenvalue weighted by Gasteiger charge is 2.35. The molecule has 1 N–H and O–H groups in total. The van der Waals surface area contributed by atoms with Crippen molar-refractivity contribution in [1.29, 1.82) is 0 Å². The Bertz CT molecular complexity index is 1210. The van der Waals surface area contributed by atoms with Gasteiger partial charge in [0.15, 0.2) is 4.34 Å². The van der Waals surface area contributed by atoms with Gasteiger partial charge in [-0.25, -0.2) is 4.39 Å². The zero-order chi connectivity index (χ0) is 23.6. The molecule has 1 aromatic heterocycles. The number of hydrogen-bond acceptors (Lipinski definition) is 7. The normalized spacial score (nSPS) is 14.5. The highest BCUT2D eigenvalue weighted by Crippen LogP contribution is 2.41. The number of thioether (sulfide) groups is 1. The summed E-state index contributed by atoms with van der Waals surface area (Å²) in [4.78, 5) is 15.2. The van der Waals surface area contributed by atoms with Gasteiger partial charge in [-0.2, -0.15) is 0 Å². The summed E-state index contributed by atoms with van der Waals surface area (Å²) in [6.07, 6.45) is 2.11. The second kappa shape index (κ2) is 9.52. The third-order valence-electron chi connectivity index (χ3n) is 5.14. The summed E-state index contributed by atoms with van der Waals surface area (Å²) in [5.74, 6) is 0.663. The fourth-order valence-electron chi connectivity index (χ4n) is 3.92. The van der Waals surface area contributed by atoms with E-state index in [-0.39, 0.29) is 17.5 Å². The van der Waals surface area contributed by atoms with Crippen molar-refractivity contribution in [2.75, 3.05) is 22.6 Å². The Morgan fingerprint density at radius 1 is 1.24 bits per heavy atom. The van der Waals surface area contributed by atoms with Crippen molar-refractivity contribution in [2.24, 2.45) is 0 Å². The summed E-state index contributed by atoms with van der Waals surface area (Å²) in [5, 5.41) is 11.8. The fraction of sp³-hybridized carbons (Fsp3) is 0.292. The number of nitrogens with zero attached hydrogens (tertiary/aromatic N) is 3. The molecule has 0 radical (unpaired) electrons. The van der Waals surface area contributed by atoms with E-state index in [1.54, 1.807) is 12.1 Å². The van der Waals surface area contributed by atoms with Crippen molar-refractivity contribution in [3.05, 3.63) is 59.9 Å². The van der Waals surface area contributed by atoms with E-state index < -0.39 is 5.54 Å². The van der Waals surface area contributed by atoms with Crippen LogP contribution in [0.5, 0.6) is 5.75 Å². The molecule has 0 atom stereocenters. The third-order valence-corrected chi connectivity index (χ3v) is 7.10. The van der Waals surface area contributed by atoms with Crippen LogP contribution >= 0.6 is 23.1 Å². The topological polar surface area (TPSA) is 67.3 Å². The molecule has 2 aromatic carbocycles. The number of carbonyl (C=O) groups is 1. The van der Waals surface area contributed by atoms with Crippen LogP contribution in [0.4, 0.5) is 20.9 Å². The quantitative estimate of drug-likeness (QED) is 0.406. The molecule has 33 heavy (non-hydrogen) atoms. The number of halogens is 1. The van der Waals surface area contributed by atoms with E-state index in [2.05, 4.69) is 28.5 Å². The number of rotatable bonds is 7. The maximum atomic E-state index is 13.4. The zero-order valence-electron chi connectivity index (χ0n) is 18.9.